The number of nitrogens with zero attached hydrogens (tertiary/aromatic N) is 1. The van der Waals surface area contributed by atoms with Crippen molar-refractivity contribution in [1.82, 2.24) is 0 Å². The molecule has 110 valence electrons. The number of carboxylic acids is 1. The second-order valence-corrected chi connectivity index (χ2v) is 5.32. The number of benzene rings is 2. The molecule has 0 bridgehead atoms. The SMILES string of the molecule is O=C(O)CN(CCCc1ccccc1)c1ccc(Cl)cc1. The second kappa shape index (κ2) is 7.70. The monoisotopic (exact) mass is 303 g/mol. The Labute approximate surface area is 129 Å². The molecule has 0 saturated heterocycles. The van der Waals surface area contributed by atoms with Gasteiger partial charge in [-0.25, -0.2) is 0 Å². The summed E-state index contributed by atoms with van der Waals surface area (Å²) >= 11 is 5.87. The van der Waals surface area contributed by atoms with E-state index in [1.54, 1.807) is 12.1 Å². The molecule has 2 aromatic rings. The van der Waals surface area contributed by atoms with Crippen LogP contribution >= 0.6 is 11.6 Å². The molecule has 2 aromatic carbocycles. The van der Waals surface area contributed by atoms with Gasteiger partial charge in [0, 0.05) is 17.3 Å². The van der Waals surface area contributed by atoms with Gasteiger partial charge in [-0.3, -0.25) is 4.79 Å². The summed E-state index contributed by atoms with van der Waals surface area (Å²) in [5, 5.41) is 9.70. The fourth-order valence-electron chi connectivity index (χ4n) is 2.23. The van der Waals surface area contributed by atoms with Crippen LogP contribution in [0.3, 0.4) is 0 Å². The van der Waals surface area contributed by atoms with Crippen molar-refractivity contribution in [2.45, 2.75) is 12.8 Å². The lowest BCUT2D eigenvalue weighted by Crippen LogP contribution is -2.30. The van der Waals surface area contributed by atoms with Crippen molar-refractivity contribution in [2.24, 2.45) is 0 Å². The Bertz CT molecular complexity index is 569. The zero-order valence-electron chi connectivity index (χ0n) is 11.7. The van der Waals surface area contributed by atoms with E-state index in [0.29, 0.717) is 11.6 Å². The summed E-state index contributed by atoms with van der Waals surface area (Å²) in [6, 6.07) is 17.5. The van der Waals surface area contributed by atoms with Crippen LogP contribution in [0.25, 0.3) is 0 Å². The Balaban J connectivity index is 1.96. The summed E-state index contributed by atoms with van der Waals surface area (Å²) in [6.45, 7) is 0.694. The van der Waals surface area contributed by atoms with Gasteiger partial charge < -0.3 is 10.0 Å². The fourth-order valence-corrected chi connectivity index (χ4v) is 2.36. The van der Waals surface area contributed by atoms with Crippen molar-refractivity contribution >= 4 is 23.3 Å². The highest BCUT2D eigenvalue weighted by molar-refractivity contribution is 6.30. The zero-order valence-corrected chi connectivity index (χ0v) is 12.5. The maximum absolute atomic E-state index is 11.0. The highest BCUT2D eigenvalue weighted by Gasteiger charge is 2.10. The van der Waals surface area contributed by atoms with Crippen LogP contribution in [0.1, 0.15) is 12.0 Å². The van der Waals surface area contributed by atoms with Crippen LogP contribution in [0.15, 0.2) is 54.6 Å². The standard InChI is InChI=1S/C17H18ClNO2/c18-15-8-10-16(11-9-15)19(13-17(20)21)12-4-7-14-5-2-1-3-6-14/h1-3,5-6,8-11H,4,7,12-13H2,(H,20,21). The number of anilines is 1. The van der Waals surface area contributed by atoms with Gasteiger partial charge in [-0.15, -0.1) is 0 Å². The van der Waals surface area contributed by atoms with E-state index in [-0.39, 0.29) is 6.54 Å². The van der Waals surface area contributed by atoms with Gasteiger partial charge in [0.15, 0.2) is 0 Å². The normalized spacial score (nSPS) is 10.3. The van der Waals surface area contributed by atoms with Crippen LogP contribution < -0.4 is 4.90 Å². The molecule has 1 N–H and O–H groups in total. The molecular weight excluding hydrogens is 286 g/mol. The third kappa shape index (κ3) is 5.12. The highest BCUT2D eigenvalue weighted by atomic mass is 35.5. The molecule has 0 saturated carbocycles. The van der Waals surface area contributed by atoms with E-state index in [1.165, 1.54) is 5.56 Å². The summed E-state index contributed by atoms with van der Waals surface area (Å²) in [5.74, 6) is -0.829. The number of carboxylic acid groups (broad SMARTS) is 1. The van der Waals surface area contributed by atoms with Crippen molar-refractivity contribution in [1.29, 1.82) is 0 Å². The van der Waals surface area contributed by atoms with Gasteiger partial charge >= 0.3 is 5.97 Å². The second-order valence-electron chi connectivity index (χ2n) is 4.88. The summed E-state index contributed by atoms with van der Waals surface area (Å²) < 4.78 is 0. The van der Waals surface area contributed by atoms with Crippen LogP contribution in [0, 0.1) is 0 Å². The van der Waals surface area contributed by atoms with Gasteiger partial charge in [0.1, 0.15) is 6.54 Å². The van der Waals surface area contributed by atoms with E-state index in [4.69, 9.17) is 16.7 Å². The predicted octanol–water partition coefficient (Wildman–Crippen LogP) is 3.86. The summed E-state index contributed by atoms with van der Waals surface area (Å²) in [7, 11) is 0. The van der Waals surface area contributed by atoms with Crippen molar-refractivity contribution in [3.8, 4) is 0 Å². The van der Waals surface area contributed by atoms with Gasteiger partial charge in [0.25, 0.3) is 0 Å². The van der Waals surface area contributed by atoms with Crippen molar-refractivity contribution in [3.05, 3.63) is 65.2 Å². The van der Waals surface area contributed by atoms with E-state index in [1.807, 2.05) is 35.2 Å². The first kappa shape index (κ1) is 15.4. The molecule has 0 heterocycles. The largest absolute Gasteiger partial charge is 0.480 e. The molecule has 0 unspecified atom stereocenters. The Morgan fingerprint density at radius 2 is 1.71 bits per heavy atom. The Kier molecular flexibility index (Phi) is 5.64. The molecule has 0 spiro atoms. The van der Waals surface area contributed by atoms with Gasteiger partial charge in [0.2, 0.25) is 0 Å². The average molecular weight is 304 g/mol. The third-order valence-corrected chi connectivity index (χ3v) is 3.51. The molecule has 21 heavy (non-hydrogen) atoms. The Morgan fingerprint density at radius 3 is 2.33 bits per heavy atom. The summed E-state index contributed by atoms with van der Waals surface area (Å²) in [4.78, 5) is 12.9. The molecule has 3 nitrogen and oxygen atoms in total. The van der Waals surface area contributed by atoms with Crippen LogP contribution in [0.4, 0.5) is 5.69 Å². The summed E-state index contributed by atoms with van der Waals surface area (Å²) in [6.07, 6.45) is 1.84. The minimum absolute atomic E-state index is 0.00355. The van der Waals surface area contributed by atoms with Crippen LogP contribution in [0.2, 0.25) is 5.02 Å². The average Bonchev–Trinajstić information content (AvgIpc) is 2.48. The molecule has 0 aromatic heterocycles. The third-order valence-electron chi connectivity index (χ3n) is 3.25. The number of aryl methyl sites for hydroxylation is 1. The van der Waals surface area contributed by atoms with Gasteiger partial charge in [-0.1, -0.05) is 41.9 Å². The molecule has 2 rings (SSSR count). The Hall–Kier alpha value is -2.00. The molecular formula is C17H18ClNO2. The highest BCUT2D eigenvalue weighted by Crippen LogP contribution is 2.18. The van der Waals surface area contributed by atoms with E-state index in [9.17, 15) is 4.79 Å². The van der Waals surface area contributed by atoms with Gasteiger partial charge in [-0.2, -0.15) is 0 Å². The number of halogens is 1. The number of aliphatic carboxylic acids is 1. The molecule has 0 aliphatic heterocycles. The van der Waals surface area contributed by atoms with Crippen molar-refractivity contribution in [3.63, 3.8) is 0 Å². The predicted molar refractivity (Wildman–Crippen MR) is 86.1 cm³/mol. The number of hydrogen-bond donors (Lipinski definition) is 1. The first-order valence-corrected chi connectivity index (χ1v) is 7.29. The van der Waals surface area contributed by atoms with Crippen molar-refractivity contribution in [2.75, 3.05) is 18.0 Å². The quantitative estimate of drug-likeness (QED) is 0.844. The lowest BCUT2D eigenvalue weighted by molar-refractivity contribution is -0.135. The molecule has 0 aliphatic rings. The topological polar surface area (TPSA) is 40.5 Å². The molecule has 0 amide bonds. The first-order valence-electron chi connectivity index (χ1n) is 6.91. The molecule has 0 atom stereocenters. The van der Waals surface area contributed by atoms with E-state index in [0.717, 1.165) is 18.5 Å². The van der Waals surface area contributed by atoms with E-state index >= 15 is 0 Å². The summed E-state index contributed by atoms with van der Waals surface area (Å²) in [5.41, 5.74) is 2.15. The van der Waals surface area contributed by atoms with Gasteiger partial charge in [-0.05, 0) is 42.7 Å². The van der Waals surface area contributed by atoms with Crippen LogP contribution in [-0.2, 0) is 11.2 Å². The number of hydrogen-bond acceptors (Lipinski definition) is 2. The number of carbonyl (C=O) groups is 1. The van der Waals surface area contributed by atoms with Crippen molar-refractivity contribution < 1.29 is 9.90 Å². The number of rotatable bonds is 7. The minimum atomic E-state index is -0.829. The molecule has 0 aliphatic carbocycles. The minimum Gasteiger partial charge on any atom is -0.480 e. The smallest absolute Gasteiger partial charge is 0.323 e. The van der Waals surface area contributed by atoms with Crippen LogP contribution in [-0.4, -0.2) is 24.2 Å². The lowest BCUT2D eigenvalue weighted by Gasteiger charge is -2.23. The lowest BCUT2D eigenvalue weighted by atomic mass is 10.1. The van der Waals surface area contributed by atoms with E-state index < -0.39 is 5.97 Å². The van der Waals surface area contributed by atoms with E-state index in [2.05, 4.69) is 12.1 Å². The van der Waals surface area contributed by atoms with Crippen LogP contribution in [0.5, 0.6) is 0 Å². The fraction of sp³-hybridized carbons (Fsp3) is 0.235. The Morgan fingerprint density at radius 1 is 1.05 bits per heavy atom. The maximum Gasteiger partial charge on any atom is 0.323 e. The molecule has 4 heteroatoms. The maximum atomic E-state index is 11.0. The molecule has 0 fully saturated rings. The zero-order chi connectivity index (χ0) is 15.1. The van der Waals surface area contributed by atoms with Gasteiger partial charge in [0.05, 0.1) is 0 Å². The first-order chi connectivity index (χ1) is 10.1. The molecule has 0 radical (unpaired) electrons.